The molecule has 0 bridgehead atoms. The first-order chi connectivity index (χ1) is 8.92. The molecule has 106 valence electrons. The molecule has 4 heteroatoms. The van der Waals surface area contributed by atoms with Crippen molar-refractivity contribution in [2.24, 2.45) is 5.73 Å². The highest BCUT2D eigenvalue weighted by Gasteiger charge is 2.51. The summed E-state index contributed by atoms with van der Waals surface area (Å²) in [6, 6.07) is 4.05. The number of hydrogen-bond donors (Lipinski definition) is 1. The smallest absolute Gasteiger partial charge is 0.166 e. The third kappa shape index (κ3) is 2.61. The summed E-state index contributed by atoms with van der Waals surface area (Å²) in [5, 5.41) is 0. The molecule has 0 heterocycles. The van der Waals surface area contributed by atoms with Gasteiger partial charge in [-0.25, -0.2) is 0 Å². The predicted octanol–water partition coefficient (Wildman–Crippen LogP) is 3.62. The van der Waals surface area contributed by atoms with Gasteiger partial charge >= 0.3 is 0 Å². The van der Waals surface area contributed by atoms with E-state index < -0.39 is 0 Å². The van der Waals surface area contributed by atoms with Crippen molar-refractivity contribution in [3.63, 3.8) is 0 Å². The van der Waals surface area contributed by atoms with Crippen molar-refractivity contribution in [2.45, 2.75) is 51.2 Å². The van der Waals surface area contributed by atoms with Crippen molar-refractivity contribution < 1.29 is 9.47 Å². The molecule has 1 atom stereocenters. The molecule has 1 fully saturated rings. The second-order valence-electron chi connectivity index (χ2n) is 5.57. The number of ether oxygens (including phenoxy) is 2. The van der Waals surface area contributed by atoms with Gasteiger partial charge < -0.3 is 15.2 Å². The minimum Gasteiger partial charge on any atom is -0.493 e. The number of methoxy groups -OCH3 is 1. The lowest BCUT2D eigenvalue weighted by molar-refractivity contribution is 0.224. The Balaban J connectivity index is 2.57. The van der Waals surface area contributed by atoms with Gasteiger partial charge in [0.2, 0.25) is 0 Å². The van der Waals surface area contributed by atoms with Gasteiger partial charge in [-0.3, -0.25) is 0 Å². The van der Waals surface area contributed by atoms with E-state index >= 15 is 0 Å². The van der Waals surface area contributed by atoms with E-state index in [1.54, 1.807) is 7.11 Å². The molecule has 1 saturated carbocycles. The molecule has 1 unspecified atom stereocenters. The van der Waals surface area contributed by atoms with Crippen molar-refractivity contribution in [3.8, 4) is 11.5 Å². The first-order valence-corrected chi connectivity index (χ1v) is 7.51. The summed E-state index contributed by atoms with van der Waals surface area (Å²) in [4.78, 5) is 0. The lowest BCUT2D eigenvalue weighted by Gasteiger charge is -2.26. The molecular formula is C15H22BrNO2. The largest absolute Gasteiger partial charge is 0.493 e. The molecule has 1 aromatic carbocycles. The van der Waals surface area contributed by atoms with Crippen LogP contribution in [0.2, 0.25) is 0 Å². The first-order valence-electron chi connectivity index (χ1n) is 6.71. The normalized spacial score (nSPS) is 18.3. The van der Waals surface area contributed by atoms with Crippen LogP contribution in [0.15, 0.2) is 16.6 Å². The fourth-order valence-electron chi connectivity index (χ4n) is 2.58. The van der Waals surface area contributed by atoms with Gasteiger partial charge in [0, 0.05) is 21.5 Å². The summed E-state index contributed by atoms with van der Waals surface area (Å²) in [6.07, 6.45) is 2.31. The Morgan fingerprint density at radius 1 is 1.26 bits per heavy atom. The number of hydrogen-bond acceptors (Lipinski definition) is 3. The van der Waals surface area contributed by atoms with E-state index in [0.717, 1.165) is 34.4 Å². The average molecular weight is 328 g/mol. The Morgan fingerprint density at radius 3 is 2.32 bits per heavy atom. The predicted molar refractivity (Wildman–Crippen MR) is 81.0 cm³/mol. The number of rotatable bonds is 5. The van der Waals surface area contributed by atoms with E-state index in [9.17, 15) is 0 Å². The molecule has 0 saturated heterocycles. The number of halogens is 1. The van der Waals surface area contributed by atoms with Crippen LogP contribution in [0.1, 0.15) is 39.2 Å². The molecule has 3 nitrogen and oxygen atoms in total. The van der Waals surface area contributed by atoms with Crippen molar-refractivity contribution in [1.82, 2.24) is 0 Å². The Labute approximate surface area is 123 Å². The van der Waals surface area contributed by atoms with Crippen LogP contribution in [0.3, 0.4) is 0 Å². The van der Waals surface area contributed by atoms with E-state index in [2.05, 4.69) is 22.9 Å². The molecule has 1 aliphatic rings. The van der Waals surface area contributed by atoms with Crippen LogP contribution < -0.4 is 15.2 Å². The third-order valence-corrected chi connectivity index (χ3v) is 4.46. The summed E-state index contributed by atoms with van der Waals surface area (Å²) >= 11 is 3.65. The van der Waals surface area contributed by atoms with Crippen molar-refractivity contribution in [3.05, 3.63) is 22.2 Å². The van der Waals surface area contributed by atoms with Gasteiger partial charge in [-0.05, 0) is 45.7 Å². The lowest BCUT2D eigenvalue weighted by atomic mass is 9.88. The van der Waals surface area contributed by atoms with Crippen LogP contribution >= 0.6 is 15.9 Å². The zero-order valence-corrected chi connectivity index (χ0v) is 13.6. The molecule has 0 aliphatic heterocycles. The van der Waals surface area contributed by atoms with Gasteiger partial charge in [0.1, 0.15) is 0 Å². The molecule has 2 N–H and O–H groups in total. The van der Waals surface area contributed by atoms with Gasteiger partial charge in [0.15, 0.2) is 11.5 Å². The SMILES string of the molecule is COc1ccc(Br)c(C2(C(C)N)CC2)c1OC(C)C. The van der Waals surface area contributed by atoms with Gasteiger partial charge in [0.25, 0.3) is 0 Å². The van der Waals surface area contributed by atoms with Crippen LogP contribution in [-0.4, -0.2) is 19.3 Å². The molecule has 1 aromatic rings. The van der Waals surface area contributed by atoms with Gasteiger partial charge in [-0.1, -0.05) is 15.9 Å². The van der Waals surface area contributed by atoms with E-state index in [0.29, 0.717) is 0 Å². The Morgan fingerprint density at radius 2 is 1.89 bits per heavy atom. The molecule has 1 aliphatic carbocycles. The molecule has 0 radical (unpaired) electrons. The van der Waals surface area contributed by atoms with Crippen molar-refractivity contribution in [1.29, 1.82) is 0 Å². The minimum absolute atomic E-state index is 0.0254. The Kier molecular flexibility index (Phi) is 4.11. The highest BCUT2D eigenvalue weighted by molar-refractivity contribution is 9.10. The highest BCUT2D eigenvalue weighted by Crippen LogP contribution is 2.57. The molecule has 19 heavy (non-hydrogen) atoms. The van der Waals surface area contributed by atoms with Crippen LogP contribution in [0.5, 0.6) is 11.5 Å². The van der Waals surface area contributed by atoms with E-state index in [1.165, 1.54) is 0 Å². The maximum absolute atomic E-state index is 6.21. The van der Waals surface area contributed by atoms with Gasteiger partial charge in [0.05, 0.1) is 13.2 Å². The second kappa shape index (κ2) is 5.33. The summed E-state index contributed by atoms with van der Waals surface area (Å²) in [5.41, 5.74) is 7.40. The molecular weight excluding hydrogens is 306 g/mol. The van der Waals surface area contributed by atoms with E-state index in [-0.39, 0.29) is 17.6 Å². The third-order valence-electron chi connectivity index (χ3n) is 3.80. The maximum atomic E-state index is 6.21. The zero-order valence-electron chi connectivity index (χ0n) is 12.0. The average Bonchev–Trinajstić information content (AvgIpc) is 3.10. The van der Waals surface area contributed by atoms with Crippen LogP contribution in [0, 0.1) is 0 Å². The van der Waals surface area contributed by atoms with Crippen molar-refractivity contribution in [2.75, 3.05) is 7.11 Å². The Bertz CT molecular complexity index is 467. The summed E-state index contributed by atoms with van der Waals surface area (Å²) in [7, 11) is 1.67. The molecule has 0 aromatic heterocycles. The Hall–Kier alpha value is -0.740. The summed E-state index contributed by atoms with van der Waals surface area (Å²) in [5.74, 6) is 1.61. The number of nitrogens with two attached hydrogens (primary N) is 1. The summed E-state index contributed by atoms with van der Waals surface area (Å²) < 4.78 is 12.5. The fourth-order valence-corrected chi connectivity index (χ4v) is 3.29. The maximum Gasteiger partial charge on any atom is 0.166 e. The van der Waals surface area contributed by atoms with E-state index in [1.807, 2.05) is 26.0 Å². The molecule has 2 rings (SSSR count). The molecule has 0 amide bonds. The second-order valence-corrected chi connectivity index (χ2v) is 6.42. The lowest BCUT2D eigenvalue weighted by Crippen LogP contribution is -2.32. The van der Waals surface area contributed by atoms with Crippen LogP contribution in [0.4, 0.5) is 0 Å². The summed E-state index contributed by atoms with van der Waals surface area (Å²) in [6.45, 7) is 6.11. The topological polar surface area (TPSA) is 44.5 Å². The quantitative estimate of drug-likeness (QED) is 0.898. The van der Waals surface area contributed by atoms with Crippen molar-refractivity contribution >= 4 is 15.9 Å². The number of benzene rings is 1. The fraction of sp³-hybridized carbons (Fsp3) is 0.600. The highest BCUT2D eigenvalue weighted by atomic mass is 79.9. The van der Waals surface area contributed by atoms with Gasteiger partial charge in [-0.15, -0.1) is 0 Å². The first kappa shape index (κ1) is 14.7. The zero-order chi connectivity index (χ0) is 14.2. The van der Waals surface area contributed by atoms with Crippen LogP contribution in [-0.2, 0) is 5.41 Å². The standard InChI is InChI=1S/C15H22BrNO2/c1-9(2)19-14-12(18-4)6-5-11(16)13(14)15(7-8-15)10(3)17/h5-6,9-10H,7-8,17H2,1-4H3. The van der Waals surface area contributed by atoms with Crippen LogP contribution in [0.25, 0.3) is 0 Å². The van der Waals surface area contributed by atoms with Gasteiger partial charge in [-0.2, -0.15) is 0 Å². The molecule has 0 spiro atoms. The monoisotopic (exact) mass is 327 g/mol. The minimum atomic E-state index is 0.0254. The van der Waals surface area contributed by atoms with E-state index in [4.69, 9.17) is 15.2 Å².